The van der Waals surface area contributed by atoms with Crippen LogP contribution < -0.4 is 0 Å². The Hall–Kier alpha value is -0.790. The zero-order chi connectivity index (χ0) is 11.0. The SMILES string of the molecule is C=C(CC1C2CCC(C2)C1C)C(=O)OC. The van der Waals surface area contributed by atoms with Gasteiger partial charge in [0.05, 0.1) is 7.11 Å². The highest BCUT2D eigenvalue weighted by molar-refractivity contribution is 5.87. The third-order valence-electron chi connectivity index (χ3n) is 4.49. The average Bonchev–Trinajstić information content (AvgIpc) is 2.80. The van der Waals surface area contributed by atoms with Gasteiger partial charge in [-0.05, 0) is 49.4 Å². The number of methoxy groups -OCH3 is 1. The minimum absolute atomic E-state index is 0.232. The molecule has 2 rings (SSSR count). The molecule has 0 saturated heterocycles. The molecule has 0 aromatic rings. The summed E-state index contributed by atoms with van der Waals surface area (Å²) in [5.41, 5.74) is 0.655. The quantitative estimate of drug-likeness (QED) is 0.526. The zero-order valence-corrected chi connectivity index (χ0v) is 9.66. The first-order chi connectivity index (χ1) is 7.13. The van der Waals surface area contributed by atoms with Crippen molar-refractivity contribution < 1.29 is 9.53 Å². The molecule has 2 fully saturated rings. The van der Waals surface area contributed by atoms with Crippen molar-refractivity contribution in [3.05, 3.63) is 12.2 Å². The van der Waals surface area contributed by atoms with E-state index in [0.717, 1.165) is 24.2 Å². The van der Waals surface area contributed by atoms with Crippen molar-refractivity contribution in [2.45, 2.75) is 32.6 Å². The molecule has 0 spiro atoms. The Kier molecular flexibility index (Phi) is 2.85. The van der Waals surface area contributed by atoms with Crippen LogP contribution in [0, 0.1) is 23.7 Å². The van der Waals surface area contributed by atoms with E-state index in [9.17, 15) is 4.79 Å². The fraction of sp³-hybridized carbons (Fsp3) is 0.769. The van der Waals surface area contributed by atoms with E-state index in [1.807, 2.05) is 0 Å². The fourth-order valence-corrected chi connectivity index (χ4v) is 3.56. The summed E-state index contributed by atoms with van der Waals surface area (Å²) < 4.78 is 4.70. The fourth-order valence-electron chi connectivity index (χ4n) is 3.56. The van der Waals surface area contributed by atoms with Gasteiger partial charge < -0.3 is 4.74 Å². The summed E-state index contributed by atoms with van der Waals surface area (Å²) in [6, 6.07) is 0. The van der Waals surface area contributed by atoms with Gasteiger partial charge in [0.15, 0.2) is 0 Å². The Morgan fingerprint density at radius 3 is 2.60 bits per heavy atom. The van der Waals surface area contributed by atoms with Crippen molar-refractivity contribution in [2.75, 3.05) is 7.11 Å². The number of rotatable bonds is 3. The average molecular weight is 208 g/mol. The van der Waals surface area contributed by atoms with Gasteiger partial charge in [0, 0.05) is 5.57 Å². The lowest BCUT2D eigenvalue weighted by Crippen LogP contribution is -2.21. The summed E-state index contributed by atoms with van der Waals surface area (Å²) >= 11 is 0. The summed E-state index contributed by atoms with van der Waals surface area (Å²) in [6.45, 7) is 6.16. The predicted octanol–water partition coefficient (Wildman–Crippen LogP) is 2.79. The van der Waals surface area contributed by atoms with Crippen molar-refractivity contribution in [3.8, 4) is 0 Å². The Balaban J connectivity index is 1.95. The number of hydrogen-bond donors (Lipinski definition) is 0. The maximum absolute atomic E-state index is 11.3. The van der Waals surface area contributed by atoms with Crippen LogP contribution in [-0.2, 0) is 9.53 Å². The van der Waals surface area contributed by atoms with E-state index < -0.39 is 0 Å². The van der Waals surface area contributed by atoms with Crippen molar-refractivity contribution in [3.63, 3.8) is 0 Å². The van der Waals surface area contributed by atoms with E-state index in [2.05, 4.69) is 13.5 Å². The second-order valence-corrected chi connectivity index (χ2v) is 5.16. The van der Waals surface area contributed by atoms with Crippen molar-refractivity contribution in [1.29, 1.82) is 0 Å². The Labute approximate surface area is 91.7 Å². The molecule has 2 bridgehead atoms. The second-order valence-electron chi connectivity index (χ2n) is 5.16. The first-order valence-electron chi connectivity index (χ1n) is 5.89. The monoisotopic (exact) mass is 208 g/mol. The highest BCUT2D eigenvalue weighted by atomic mass is 16.5. The molecule has 0 N–H and O–H groups in total. The molecule has 0 aliphatic heterocycles. The molecule has 4 atom stereocenters. The molecular formula is C13H20O2. The van der Waals surface area contributed by atoms with E-state index in [1.54, 1.807) is 0 Å². The molecule has 0 heterocycles. The van der Waals surface area contributed by atoms with E-state index in [4.69, 9.17) is 4.74 Å². The van der Waals surface area contributed by atoms with Gasteiger partial charge in [-0.2, -0.15) is 0 Å². The third-order valence-corrected chi connectivity index (χ3v) is 4.49. The standard InChI is InChI=1S/C13H20O2/c1-8(13(14)15-3)6-12-9(2)10-4-5-11(12)7-10/h9-12H,1,4-7H2,2-3H3. The maximum atomic E-state index is 11.3. The summed E-state index contributed by atoms with van der Waals surface area (Å²) in [6.07, 6.45) is 4.97. The number of carbonyl (C=O) groups excluding carboxylic acids is 1. The third kappa shape index (κ3) is 1.82. The topological polar surface area (TPSA) is 26.3 Å². The smallest absolute Gasteiger partial charge is 0.333 e. The minimum Gasteiger partial charge on any atom is -0.466 e. The van der Waals surface area contributed by atoms with Gasteiger partial charge in [-0.15, -0.1) is 0 Å². The second kappa shape index (κ2) is 3.99. The van der Waals surface area contributed by atoms with Gasteiger partial charge in [-0.25, -0.2) is 4.79 Å². The Bertz CT molecular complexity index is 280. The van der Waals surface area contributed by atoms with Crippen molar-refractivity contribution in [2.24, 2.45) is 23.7 Å². The van der Waals surface area contributed by atoms with Crippen LogP contribution >= 0.6 is 0 Å². The van der Waals surface area contributed by atoms with E-state index in [0.29, 0.717) is 11.5 Å². The van der Waals surface area contributed by atoms with Crippen LogP contribution in [-0.4, -0.2) is 13.1 Å². The summed E-state index contributed by atoms with van der Waals surface area (Å²) in [5.74, 6) is 2.96. The number of hydrogen-bond acceptors (Lipinski definition) is 2. The molecule has 15 heavy (non-hydrogen) atoms. The highest BCUT2D eigenvalue weighted by Gasteiger charge is 2.45. The molecule has 0 aromatic heterocycles. The number of esters is 1. The largest absolute Gasteiger partial charge is 0.466 e. The summed E-state index contributed by atoms with van der Waals surface area (Å²) in [4.78, 5) is 11.3. The lowest BCUT2D eigenvalue weighted by molar-refractivity contribution is -0.136. The van der Waals surface area contributed by atoms with Crippen LogP contribution in [0.4, 0.5) is 0 Å². The van der Waals surface area contributed by atoms with Crippen LogP contribution in [0.2, 0.25) is 0 Å². The van der Waals surface area contributed by atoms with Crippen LogP contribution in [0.3, 0.4) is 0 Å². The normalized spacial score (nSPS) is 38.0. The number of ether oxygens (including phenoxy) is 1. The molecule has 84 valence electrons. The molecule has 2 aliphatic carbocycles. The lowest BCUT2D eigenvalue weighted by atomic mass is 9.77. The lowest BCUT2D eigenvalue weighted by Gasteiger charge is -2.28. The molecule has 2 heteroatoms. The number of fused-ring (bicyclic) bond motifs is 2. The molecule has 0 aromatic carbocycles. The van der Waals surface area contributed by atoms with Crippen LogP contribution in [0.15, 0.2) is 12.2 Å². The van der Waals surface area contributed by atoms with Crippen molar-refractivity contribution >= 4 is 5.97 Å². The van der Waals surface area contributed by atoms with E-state index in [1.165, 1.54) is 26.4 Å². The summed E-state index contributed by atoms with van der Waals surface area (Å²) in [7, 11) is 1.43. The number of carbonyl (C=O) groups is 1. The van der Waals surface area contributed by atoms with E-state index in [-0.39, 0.29) is 5.97 Å². The predicted molar refractivity (Wildman–Crippen MR) is 59.3 cm³/mol. The van der Waals surface area contributed by atoms with Gasteiger partial charge in [0.25, 0.3) is 0 Å². The van der Waals surface area contributed by atoms with Gasteiger partial charge in [-0.1, -0.05) is 13.5 Å². The van der Waals surface area contributed by atoms with Gasteiger partial charge in [-0.3, -0.25) is 0 Å². The molecule has 0 amide bonds. The van der Waals surface area contributed by atoms with Gasteiger partial charge >= 0.3 is 5.97 Å². The van der Waals surface area contributed by atoms with Gasteiger partial charge in [0.2, 0.25) is 0 Å². The molecule has 2 aliphatic rings. The molecule has 4 unspecified atom stereocenters. The van der Waals surface area contributed by atoms with Crippen LogP contribution in [0.25, 0.3) is 0 Å². The molecule has 2 nitrogen and oxygen atoms in total. The highest BCUT2D eigenvalue weighted by Crippen LogP contribution is 2.53. The molecular weight excluding hydrogens is 188 g/mol. The zero-order valence-electron chi connectivity index (χ0n) is 9.66. The van der Waals surface area contributed by atoms with Crippen LogP contribution in [0.5, 0.6) is 0 Å². The molecule has 2 saturated carbocycles. The minimum atomic E-state index is -0.232. The maximum Gasteiger partial charge on any atom is 0.333 e. The van der Waals surface area contributed by atoms with Crippen LogP contribution in [0.1, 0.15) is 32.6 Å². The Morgan fingerprint density at radius 2 is 2.07 bits per heavy atom. The summed E-state index contributed by atoms with van der Waals surface area (Å²) in [5, 5.41) is 0. The Morgan fingerprint density at radius 1 is 1.40 bits per heavy atom. The van der Waals surface area contributed by atoms with Crippen molar-refractivity contribution in [1.82, 2.24) is 0 Å². The van der Waals surface area contributed by atoms with E-state index >= 15 is 0 Å². The van der Waals surface area contributed by atoms with Gasteiger partial charge in [0.1, 0.15) is 0 Å². The molecule has 0 radical (unpaired) electrons. The first kappa shape index (κ1) is 10.7. The first-order valence-corrected chi connectivity index (χ1v) is 5.89.